The second-order valence-electron chi connectivity index (χ2n) is 5.01. The molecule has 5 nitrogen and oxygen atoms in total. The van der Waals surface area contributed by atoms with Crippen LogP contribution in [0.4, 0.5) is 4.39 Å². The van der Waals surface area contributed by atoms with Crippen LogP contribution in [-0.4, -0.2) is 17.8 Å². The summed E-state index contributed by atoms with van der Waals surface area (Å²) in [7, 11) is 0. The smallest absolute Gasteiger partial charge is 0.363 e. The van der Waals surface area contributed by atoms with Crippen LogP contribution in [0.3, 0.4) is 0 Å². The van der Waals surface area contributed by atoms with Crippen molar-refractivity contribution in [2.75, 3.05) is 0 Å². The maximum absolute atomic E-state index is 12.9. The Hall–Kier alpha value is -3.28. The first-order valence-electron chi connectivity index (χ1n) is 7.08. The Labute approximate surface area is 137 Å². The second kappa shape index (κ2) is 6.45. The van der Waals surface area contributed by atoms with E-state index in [1.54, 1.807) is 30.3 Å². The Balaban J connectivity index is 1.83. The van der Waals surface area contributed by atoms with Crippen molar-refractivity contribution < 1.29 is 23.5 Å². The van der Waals surface area contributed by atoms with Gasteiger partial charge < -0.3 is 9.47 Å². The van der Waals surface area contributed by atoms with Crippen molar-refractivity contribution in [1.29, 1.82) is 0 Å². The molecule has 1 heterocycles. The molecule has 0 aromatic heterocycles. The zero-order chi connectivity index (χ0) is 17.1. The standard InChI is InChI=1S/C18H12FNO4/c1-11(21)23-15-8-2-12(3-9-15)10-16-18(22)24-17(20-16)13-4-6-14(19)7-5-13/h2-10H,1H3. The van der Waals surface area contributed by atoms with Crippen molar-refractivity contribution in [3.63, 3.8) is 0 Å². The predicted octanol–water partition coefficient (Wildman–Crippen LogP) is 3.10. The molecule has 0 radical (unpaired) electrons. The van der Waals surface area contributed by atoms with Gasteiger partial charge in [-0.2, -0.15) is 0 Å². The van der Waals surface area contributed by atoms with Gasteiger partial charge in [-0.25, -0.2) is 14.2 Å². The van der Waals surface area contributed by atoms with Gasteiger partial charge in [0.15, 0.2) is 5.70 Å². The number of carbonyl (C=O) groups is 2. The van der Waals surface area contributed by atoms with Crippen molar-refractivity contribution in [3.8, 4) is 5.75 Å². The molecule has 2 aromatic rings. The Morgan fingerprint density at radius 1 is 1.12 bits per heavy atom. The van der Waals surface area contributed by atoms with E-state index in [2.05, 4.69) is 4.99 Å². The van der Waals surface area contributed by atoms with E-state index in [-0.39, 0.29) is 17.4 Å². The summed E-state index contributed by atoms with van der Waals surface area (Å²) in [5.41, 5.74) is 1.34. The largest absolute Gasteiger partial charge is 0.427 e. The van der Waals surface area contributed by atoms with Gasteiger partial charge in [0.25, 0.3) is 0 Å². The fourth-order valence-electron chi connectivity index (χ4n) is 2.08. The average molecular weight is 325 g/mol. The van der Waals surface area contributed by atoms with Gasteiger partial charge in [-0.15, -0.1) is 0 Å². The third-order valence-corrected chi connectivity index (χ3v) is 3.16. The lowest BCUT2D eigenvalue weighted by Crippen LogP contribution is -2.05. The number of ether oxygens (including phenoxy) is 2. The van der Waals surface area contributed by atoms with Crippen molar-refractivity contribution in [3.05, 3.63) is 71.2 Å². The van der Waals surface area contributed by atoms with Gasteiger partial charge in [-0.05, 0) is 48.0 Å². The summed E-state index contributed by atoms with van der Waals surface area (Å²) >= 11 is 0. The van der Waals surface area contributed by atoms with Gasteiger partial charge in [0.05, 0.1) is 0 Å². The van der Waals surface area contributed by atoms with E-state index < -0.39 is 11.9 Å². The van der Waals surface area contributed by atoms with E-state index in [4.69, 9.17) is 9.47 Å². The number of halogens is 1. The Kier molecular flexibility index (Phi) is 4.20. The number of carbonyl (C=O) groups excluding carboxylic acids is 2. The quantitative estimate of drug-likeness (QED) is 0.494. The molecule has 24 heavy (non-hydrogen) atoms. The summed E-state index contributed by atoms with van der Waals surface area (Å²) in [6, 6.07) is 12.1. The molecule has 3 rings (SSSR count). The minimum absolute atomic E-state index is 0.128. The summed E-state index contributed by atoms with van der Waals surface area (Å²) in [4.78, 5) is 26.9. The number of cyclic esters (lactones) is 1. The summed E-state index contributed by atoms with van der Waals surface area (Å²) in [6.07, 6.45) is 1.55. The maximum atomic E-state index is 12.9. The van der Waals surface area contributed by atoms with Gasteiger partial charge in [-0.3, -0.25) is 4.79 Å². The van der Waals surface area contributed by atoms with Crippen LogP contribution in [0.25, 0.3) is 6.08 Å². The summed E-state index contributed by atoms with van der Waals surface area (Å²) in [5.74, 6) is -0.836. The maximum Gasteiger partial charge on any atom is 0.363 e. The van der Waals surface area contributed by atoms with Gasteiger partial charge in [0, 0.05) is 12.5 Å². The zero-order valence-electron chi connectivity index (χ0n) is 12.7. The van der Waals surface area contributed by atoms with Crippen LogP contribution in [0.15, 0.2) is 59.2 Å². The third kappa shape index (κ3) is 3.55. The fourth-order valence-corrected chi connectivity index (χ4v) is 2.08. The van der Waals surface area contributed by atoms with Crippen LogP contribution in [0, 0.1) is 5.82 Å². The molecule has 6 heteroatoms. The van der Waals surface area contributed by atoms with Crippen LogP contribution in [0.5, 0.6) is 5.75 Å². The van der Waals surface area contributed by atoms with E-state index >= 15 is 0 Å². The molecular weight excluding hydrogens is 313 g/mol. The second-order valence-corrected chi connectivity index (χ2v) is 5.01. The number of hydrogen-bond donors (Lipinski definition) is 0. The number of nitrogens with zero attached hydrogens (tertiary/aromatic N) is 1. The summed E-state index contributed by atoms with van der Waals surface area (Å²) in [5, 5.41) is 0. The summed E-state index contributed by atoms with van der Waals surface area (Å²) < 4.78 is 23.0. The molecule has 0 bridgehead atoms. The van der Waals surface area contributed by atoms with Crippen molar-refractivity contribution in [2.45, 2.75) is 6.92 Å². The van der Waals surface area contributed by atoms with Gasteiger partial charge in [0.2, 0.25) is 5.90 Å². The minimum Gasteiger partial charge on any atom is -0.427 e. The predicted molar refractivity (Wildman–Crippen MR) is 84.8 cm³/mol. The molecule has 1 aliphatic heterocycles. The number of hydrogen-bond acceptors (Lipinski definition) is 5. The number of esters is 2. The highest BCUT2D eigenvalue weighted by Crippen LogP contribution is 2.20. The number of rotatable bonds is 3. The molecule has 0 atom stereocenters. The first kappa shape index (κ1) is 15.6. The zero-order valence-corrected chi connectivity index (χ0v) is 12.7. The lowest BCUT2D eigenvalue weighted by molar-refractivity contribution is -0.132. The molecule has 2 aromatic carbocycles. The molecule has 0 fully saturated rings. The van der Waals surface area contributed by atoms with Crippen molar-refractivity contribution in [1.82, 2.24) is 0 Å². The molecule has 0 saturated heterocycles. The van der Waals surface area contributed by atoms with Crippen molar-refractivity contribution >= 4 is 23.9 Å². The Morgan fingerprint density at radius 2 is 1.79 bits per heavy atom. The fraction of sp³-hybridized carbons (Fsp3) is 0.0556. The van der Waals surface area contributed by atoms with E-state index in [1.807, 2.05) is 0 Å². The van der Waals surface area contributed by atoms with E-state index in [0.717, 1.165) is 0 Å². The minimum atomic E-state index is -0.585. The molecule has 0 saturated carbocycles. The van der Waals surface area contributed by atoms with Gasteiger partial charge >= 0.3 is 11.9 Å². The van der Waals surface area contributed by atoms with E-state index in [0.29, 0.717) is 16.9 Å². The molecule has 1 aliphatic rings. The highest BCUT2D eigenvalue weighted by Gasteiger charge is 2.24. The van der Waals surface area contributed by atoms with Crippen LogP contribution >= 0.6 is 0 Å². The monoisotopic (exact) mass is 325 g/mol. The molecule has 0 N–H and O–H groups in total. The van der Waals surface area contributed by atoms with Crippen LogP contribution in [0.1, 0.15) is 18.1 Å². The Bertz CT molecular complexity index is 852. The van der Waals surface area contributed by atoms with Gasteiger partial charge in [0.1, 0.15) is 11.6 Å². The third-order valence-electron chi connectivity index (χ3n) is 3.16. The molecule has 0 aliphatic carbocycles. The first-order chi connectivity index (χ1) is 11.5. The molecule has 0 amide bonds. The Morgan fingerprint density at radius 3 is 2.42 bits per heavy atom. The van der Waals surface area contributed by atoms with E-state index in [9.17, 15) is 14.0 Å². The summed E-state index contributed by atoms with van der Waals surface area (Å²) in [6.45, 7) is 1.32. The van der Waals surface area contributed by atoms with Crippen LogP contribution in [-0.2, 0) is 14.3 Å². The number of aliphatic imine (C=N–C) groups is 1. The highest BCUT2D eigenvalue weighted by molar-refractivity contribution is 6.12. The molecular formula is C18H12FNO4. The molecule has 0 spiro atoms. The van der Waals surface area contributed by atoms with Crippen molar-refractivity contribution in [2.24, 2.45) is 4.99 Å². The first-order valence-corrected chi connectivity index (χ1v) is 7.08. The normalized spacial score (nSPS) is 15.2. The topological polar surface area (TPSA) is 65.0 Å². The SMILES string of the molecule is CC(=O)Oc1ccc(C=C2N=C(c3ccc(F)cc3)OC2=O)cc1. The molecule has 120 valence electrons. The average Bonchev–Trinajstić information content (AvgIpc) is 2.90. The molecule has 0 unspecified atom stereocenters. The van der Waals surface area contributed by atoms with Crippen LogP contribution in [0.2, 0.25) is 0 Å². The van der Waals surface area contributed by atoms with Crippen LogP contribution < -0.4 is 4.74 Å². The lowest BCUT2D eigenvalue weighted by atomic mass is 10.2. The highest BCUT2D eigenvalue weighted by atomic mass is 19.1. The lowest BCUT2D eigenvalue weighted by Gasteiger charge is -2.00. The van der Waals surface area contributed by atoms with E-state index in [1.165, 1.54) is 31.2 Å². The number of benzene rings is 2. The van der Waals surface area contributed by atoms with Gasteiger partial charge in [-0.1, -0.05) is 12.1 Å².